The van der Waals surface area contributed by atoms with Gasteiger partial charge < -0.3 is 9.80 Å². The number of benzene rings is 1. The number of fused-ring (bicyclic) bond motifs is 3. The lowest BCUT2D eigenvalue weighted by Crippen LogP contribution is -2.57. The van der Waals surface area contributed by atoms with Gasteiger partial charge in [0.2, 0.25) is 21.8 Å². The third-order valence-corrected chi connectivity index (χ3v) is 8.61. The van der Waals surface area contributed by atoms with Gasteiger partial charge in [-0.15, -0.1) is 0 Å². The average Bonchev–Trinajstić information content (AvgIpc) is 3.33. The van der Waals surface area contributed by atoms with Gasteiger partial charge in [0.15, 0.2) is 0 Å². The normalized spacial score (nSPS) is 21.7. The summed E-state index contributed by atoms with van der Waals surface area (Å²) >= 11 is 0. The lowest BCUT2D eigenvalue weighted by Gasteiger charge is -2.45. The number of nitrogens with zero attached hydrogens (tertiary/aromatic N) is 4. The van der Waals surface area contributed by atoms with E-state index in [4.69, 9.17) is 0 Å². The molecular formula is C22H32N4O4S. The molecule has 2 saturated heterocycles. The van der Waals surface area contributed by atoms with Crippen molar-refractivity contribution in [1.29, 1.82) is 0 Å². The number of hydrogen-bond donors (Lipinski definition) is 0. The van der Waals surface area contributed by atoms with Crippen LogP contribution >= 0.6 is 0 Å². The molecule has 0 N–H and O–H groups in total. The van der Waals surface area contributed by atoms with Crippen molar-refractivity contribution in [2.75, 3.05) is 49.1 Å². The molecule has 0 bridgehead atoms. The molecule has 0 saturated carbocycles. The first-order valence-corrected chi connectivity index (χ1v) is 12.8. The van der Waals surface area contributed by atoms with Crippen molar-refractivity contribution < 1.29 is 18.0 Å². The first-order chi connectivity index (χ1) is 14.9. The molecule has 170 valence electrons. The fourth-order valence-electron chi connectivity index (χ4n) is 4.95. The summed E-state index contributed by atoms with van der Waals surface area (Å²) in [6, 6.07) is 4.78. The minimum atomic E-state index is -3.62. The highest BCUT2D eigenvalue weighted by atomic mass is 32.2. The summed E-state index contributed by atoms with van der Waals surface area (Å²) in [5.41, 5.74) is 1.38. The van der Waals surface area contributed by atoms with Crippen molar-refractivity contribution in [3.8, 4) is 0 Å². The minimum Gasteiger partial charge on any atom is -0.358 e. The Morgan fingerprint density at radius 3 is 2.39 bits per heavy atom. The molecule has 1 atom stereocenters. The highest BCUT2D eigenvalue weighted by Crippen LogP contribution is 2.41. The van der Waals surface area contributed by atoms with Gasteiger partial charge in [0, 0.05) is 32.7 Å². The Bertz CT molecular complexity index is 954. The third-order valence-electron chi connectivity index (χ3n) is 6.71. The first-order valence-electron chi connectivity index (χ1n) is 11.4. The van der Waals surface area contributed by atoms with Crippen LogP contribution in [-0.2, 0) is 19.6 Å². The maximum atomic E-state index is 13.4. The van der Waals surface area contributed by atoms with Gasteiger partial charge in [-0.3, -0.25) is 14.5 Å². The summed E-state index contributed by atoms with van der Waals surface area (Å²) in [5, 5.41) is 0. The predicted octanol–water partition coefficient (Wildman–Crippen LogP) is 2.04. The van der Waals surface area contributed by atoms with Crippen molar-refractivity contribution in [2.24, 2.45) is 0 Å². The molecule has 0 aromatic heterocycles. The SMILES string of the molecule is CCN(CC)C(=O)CN1C(=O)C2CCCCN2c2ccc(S(=O)(=O)N3CCCC3)cc21. The van der Waals surface area contributed by atoms with Crippen molar-refractivity contribution in [2.45, 2.75) is 56.9 Å². The molecule has 3 aliphatic heterocycles. The molecule has 3 heterocycles. The zero-order valence-corrected chi connectivity index (χ0v) is 19.2. The van der Waals surface area contributed by atoms with E-state index in [9.17, 15) is 18.0 Å². The van der Waals surface area contributed by atoms with Crippen molar-refractivity contribution >= 4 is 33.2 Å². The average molecular weight is 449 g/mol. The monoisotopic (exact) mass is 448 g/mol. The molecule has 2 amide bonds. The second-order valence-corrected chi connectivity index (χ2v) is 10.4. The molecule has 1 unspecified atom stereocenters. The van der Waals surface area contributed by atoms with Crippen LogP contribution in [0.5, 0.6) is 0 Å². The van der Waals surface area contributed by atoms with E-state index in [1.807, 2.05) is 19.9 Å². The molecule has 2 fully saturated rings. The topological polar surface area (TPSA) is 81.2 Å². The zero-order chi connectivity index (χ0) is 22.2. The summed E-state index contributed by atoms with van der Waals surface area (Å²) in [6.07, 6.45) is 4.45. The Morgan fingerprint density at radius 1 is 1.03 bits per heavy atom. The molecule has 8 nitrogen and oxygen atoms in total. The molecule has 0 aliphatic carbocycles. The van der Waals surface area contributed by atoms with E-state index < -0.39 is 10.0 Å². The van der Waals surface area contributed by atoms with E-state index in [0.717, 1.165) is 44.3 Å². The maximum Gasteiger partial charge on any atom is 0.250 e. The van der Waals surface area contributed by atoms with Crippen LogP contribution in [0.1, 0.15) is 46.0 Å². The van der Waals surface area contributed by atoms with Crippen molar-refractivity contribution in [3.05, 3.63) is 18.2 Å². The predicted molar refractivity (Wildman–Crippen MR) is 120 cm³/mol. The summed E-state index contributed by atoms with van der Waals surface area (Å²) in [5.74, 6) is -0.232. The maximum absolute atomic E-state index is 13.4. The van der Waals surface area contributed by atoms with Crippen LogP contribution in [0.25, 0.3) is 0 Å². The van der Waals surface area contributed by atoms with Crippen molar-refractivity contribution in [1.82, 2.24) is 9.21 Å². The highest BCUT2D eigenvalue weighted by molar-refractivity contribution is 7.89. The highest BCUT2D eigenvalue weighted by Gasteiger charge is 2.41. The third kappa shape index (κ3) is 3.93. The molecule has 0 radical (unpaired) electrons. The smallest absolute Gasteiger partial charge is 0.250 e. The van der Waals surface area contributed by atoms with Gasteiger partial charge in [0.25, 0.3) is 0 Å². The number of sulfonamides is 1. The second kappa shape index (κ2) is 8.78. The van der Waals surface area contributed by atoms with E-state index in [1.165, 1.54) is 9.21 Å². The number of carbonyl (C=O) groups is 2. The molecule has 1 aromatic rings. The molecule has 0 spiro atoms. The van der Waals surface area contributed by atoms with Crippen LogP contribution in [0.2, 0.25) is 0 Å². The number of likely N-dealkylation sites (N-methyl/N-ethyl adjacent to an activating group) is 1. The van der Waals surface area contributed by atoms with Crippen LogP contribution in [0.4, 0.5) is 11.4 Å². The Labute approximate surface area is 184 Å². The van der Waals surface area contributed by atoms with Crippen LogP contribution < -0.4 is 9.80 Å². The van der Waals surface area contributed by atoms with E-state index in [-0.39, 0.29) is 29.3 Å². The van der Waals surface area contributed by atoms with E-state index >= 15 is 0 Å². The van der Waals surface area contributed by atoms with Gasteiger partial charge >= 0.3 is 0 Å². The van der Waals surface area contributed by atoms with Crippen LogP contribution in [0.3, 0.4) is 0 Å². The molecule has 9 heteroatoms. The van der Waals surface area contributed by atoms with Gasteiger partial charge in [0.1, 0.15) is 12.6 Å². The number of anilines is 2. The standard InChI is InChI=1S/C22H32N4O4S/c1-3-23(4-2)21(27)16-26-20-15-17(31(29,30)24-12-7-8-13-24)10-11-18(20)25-14-6-5-9-19(25)22(26)28/h10-11,15,19H,3-9,12-14,16H2,1-2H3. The fraction of sp³-hybridized carbons (Fsp3) is 0.636. The Hall–Kier alpha value is -2.13. The van der Waals surface area contributed by atoms with Gasteiger partial charge in [0.05, 0.1) is 16.3 Å². The Kier molecular flexibility index (Phi) is 6.25. The van der Waals surface area contributed by atoms with Gasteiger partial charge in [-0.2, -0.15) is 4.31 Å². The largest absolute Gasteiger partial charge is 0.358 e. The Morgan fingerprint density at radius 2 is 1.71 bits per heavy atom. The number of piperidine rings is 1. The summed E-state index contributed by atoms with van der Waals surface area (Å²) in [4.78, 5) is 31.8. The quantitative estimate of drug-likeness (QED) is 0.665. The Balaban J connectivity index is 1.75. The van der Waals surface area contributed by atoms with E-state index in [2.05, 4.69) is 4.90 Å². The first kappa shape index (κ1) is 22.1. The number of rotatable bonds is 6. The minimum absolute atomic E-state index is 0.0644. The summed E-state index contributed by atoms with van der Waals surface area (Å²) in [6.45, 7) is 6.72. The van der Waals surface area contributed by atoms with E-state index in [1.54, 1.807) is 17.0 Å². The van der Waals surface area contributed by atoms with Crippen LogP contribution in [0.15, 0.2) is 23.1 Å². The van der Waals surface area contributed by atoms with Gasteiger partial charge in [-0.1, -0.05) is 0 Å². The molecule has 1 aromatic carbocycles. The van der Waals surface area contributed by atoms with Crippen LogP contribution in [0, 0.1) is 0 Å². The summed E-state index contributed by atoms with van der Waals surface area (Å²) < 4.78 is 27.8. The molecular weight excluding hydrogens is 416 g/mol. The van der Waals surface area contributed by atoms with Gasteiger partial charge in [-0.05, 0) is 64.2 Å². The second-order valence-electron chi connectivity index (χ2n) is 8.46. The molecule has 31 heavy (non-hydrogen) atoms. The van der Waals surface area contributed by atoms with Gasteiger partial charge in [-0.25, -0.2) is 8.42 Å². The number of hydrogen-bond acceptors (Lipinski definition) is 5. The zero-order valence-electron chi connectivity index (χ0n) is 18.4. The number of amides is 2. The number of carbonyl (C=O) groups excluding carboxylic acids is 2. The molecule has 3 aliphatic rings. The van der Waals surface area contributed by atoms with E-state index in [0.29, 0.717) is 31.9 Å². The fourth-order valence-corrected chi connectivity index (χ4v) is 6.49. The lowest BCUT2D eigenvalue weighted by atomic mass is 9.96. The van der Waals surface area contributed by atoms with Crippen molar-refractivity contribution in [3.63, 3.8) is 0 Å². The summed E-state index contributed by atoms with van der Waals surface area (Å²) in [7, 11) is -3.62. The lowest BCUT2D eigenvalue weighted by molar-refractivity contribution is -0.131. The van der Waals surface area contributed by atoms with Crippen LogP contribution in [-0.4, -0.2) is 74.7 Å². The molecule has 4 rings (SSSR count).